The first-order valence-corrected chi connectivity index (χ1v) is 20.2. The summed E-state index contributed by atoms with van der Waals surface area (Å²) in [6.07, 6.45) is 0. The first kappa shape index (κ1) is 45.3. The van der Waals surface area contributed by atoms with Crippen LogP contribution in [-0.4, -0.2) is 56.2 Å². The molecule has 23 heteroatoms. The van der Waals surface area contributed by atoms with E-state index in [0.29, 0.717) is 16.8 Å². The molecule has 20 nitrogen and oxygen atoms in total. The van der Waals surface area contributed by atoms with Crippen LogP contribution in [0.5, 0.6) is 23.0 Å². The van der Waals surface area contributed by atoms with Crippen molar-refractivity contribution in [1.82, 2.24) is 0 Å². The maximum Gasteiger partial charge on any atom is 1.00 e. The van der Waals surface area contributed by atoms with E-state index in [0.717, 1.165) is 47.2 Å². The van der Waals surface area contributed by atoms with Gasteiger partial charge < -0.3 is 25.0 Å². The quantitative estimate of drug-likeness (QED) is 0.0352. The van der Waals surface area contributed by atoms with Crippen LogP contribution in [0.4, 0.5) is 34.1 Å². The van der Waals surface area contributed by atoms with Crippen molar-refractivity contribution in [1.29, 1.82) is 0 Å². The molecule has 0 fully saturated rings. The van der Waals surface area contributed by atoms with E-state index in [2.05, 4.69) is 20.5 Å². The zero-order valence-electron chi connectivity index (χ0n) is 32.0. The molecule has 0 aromatic heterocycles. The third-order valence-electron chi connectivity index (χ3n) is 9.31. The number of hydrogen-bond donors (Lipinski definition) is 5. The average molecular weight is 901 g/mol. The summed E-state index contributed by atoms with van der Waals surface area (Å²) in [7, 11) is -9.86. The molecular formula is C40H25N6NaO14S2. The molecular weight excluding hydrogens is 876 g/mol. The zero-order valence-corrected chi connectivity index (χ0v) is 35.6. The Balaban J connectivity index is 0.000000206. The van der Waals surface area contributed by atoms with Crippen LogP contribution < -0.4 is 29.6 Å². The molecule has 312 valence electrons. The zero-order chi connectivity index (χ0) is 44.7. The Kier molecular flexibility index (Phi) is 12.7. The Morgan fingerprint density at radius 2 is 0.873 bits per heavy atom. The molecule has 0 unspecified atom stereocenters. The van der Waals surface area contributed by atoms with E-state index in [1.807, 2.05) is 6.07 Å². The molecule has 63 heavy (non-hydrogen) atoms. The molecule has 0 amide bonds. The average Bonchev–Trinajstić information content (AvgIpc) is 3.23. The van der Waals surface area contributed by atoms with Gasteiger partial charge in [0.15, 0.2) is 11.5 Å². The largest absolute Gasteiger partial charge is 1.00 e. The molecule has 5 N–H and O–H groups in total. The maximum absolute atomic E-state index is 11.7. The van der Waals surface area contributed by atoms with Gasteiger partial charge in [-0.15, -0.1) is 20.5 Å². The van der Waals surface area contributed by atoms with Gasteiger partial charge in [0.25, 0.3) is 21.5 Å². The van der Waals surface area contributed by atoms with Crippen molar-refractivity contribution >= 4 is 97.5 Å². The molecule has 0 saturated carbocycles. The Morgan fingerprint density at radius 3 is 1.27 bits per heavy atom. The van der Waals surface area contributed by atoms with Gasteiger partial charge in [-0.05, 0) is 35.0 Å². The molecule has 8 rings (SSSR count). The van der Waals surface area contributed by atoms with Crippen LogP contribution in [0.15, 0.2) is 152 Å². The summed E-state index contributed by atoms with van der Waals surface area (Å²) < 4.78 is 67.8. The van der Waals surface area contributed by atoms with Gasteiger partial charge in [0.1, 0.15) is 49.3 Å². The van der Waals surface area contributed by atoms with Crippen molar-refractivity contribution in [3.8, 4) is 23.0 Å². The van der Waals surface area contributed by atoms with Gasteiger partial charge in [-0.1, -0.05) is 60.7 Å². The molecule has 0 saturated heterocycles. The van der Waals surface area contributed by atoms with Crippen molar-refractivity contribution < 1.29 is 85.8 Å². The van der Waals surface area contributed by atoms with Gasteiger partial charge in [0.05, 0.1) is 14.7 Å². The van der Waals surface area contributed by atoms with E-state index in [1.54, 1.807) is 54.6 Å². The molecule has 0 spiro atoms. The second-order valence-corrected chi connectivity index (χ2v) is 15.8. The second kappa shape index (κ2) is 17.7. The third-order valence-corrected chi connectivity index (χ3v) is 11.1. The van der Waals surface area contributed by atoms with Crippen molar-refractivity contribution in [2.24, 2.45) is 20.5 Å². The number of non-ortho nitro benzene ring substituents is 2. The maximum atomic E-state index is 11.7. The smallest absolute Gasteiger partial charge is 0.744 e. The first-order valence-electron chi connectivity index (χ1n) is 17.4. The van der Waals surface area contributed by atoms with Crippen molar-refractivity contribution in [3.05, 3.63) is 142 Å². The molecule has 0 aliphatic heterocycles. The summed E-state index contributed by atoms with van der Waals surface area (Å²) in [4.78, 5) is 19.1. The number of azo groups is 2. The number of rotatable bonds is 8. The number of fused-ring (bicyclic) bond motifs is 4. The normalized spacial score (nSPS) is 11.8. The molecule has 8 aromatic carbocycles. The third kappa shape index (κ3) is 9.22. The van der Waals surface area contributed by atoms with E-state index >= 15 is 0 Å². The molecule has 0 radical (unpaired) electrons. The van der Waals surface area contributed by atoms with Crippen LogP contribution in [0.1, 0.15) is 0 Å². The van der Waals surface area contributed by atoms with E-state index in [9.17, 15) is 66.6 Å². The van der Waals surface area contributed by atoms with Crippen LogP contribution in [0, 0.1) is 20.2 Å². The summed E-state index contributed by atoms with van der Waals surface area (Å²) in [6.45, 7) is 0. The minimum Gasteiger partial charge on any atom is -0.744 e. The number of aromatic hydroxyl groups is 4. The van der Waals surface area contributed by atoms with E-state index in [1.165, 1.54) is 18.2 Å². The molecule has 0 aliphatic carbocycles. The predicted molar refractivity (Wildman–Crippen MR) is 222 cm³/mol. The molecule has 0 bridgehead atoms. The molecule has 0 atom stereocenters. The standard InChI is InChI=1S/2C20H13N3O7S.Na/c2*24-17-10-18(31(28,29)30)15-9-12(23(26)27)6-7-14(15)19(17)22-21-16-8-5-11-3-1-2-4-13(11)20(16)25;/h2*1-10,24-25H,(H,28,29,30);/q;;+1/p-1. The number of nitrogens with zero attached hydrogens (tertiary/aromatic N) is 6. The summed E-state index contributed by atoms with van der Waals surface area (Å²) >= 11 is 0. The first-order chi connectivity index (χ1) is 29.3. The van der Waals surface area contributed by atoms with Crippen molar-refractivity contribution in [2.75, 3.05) is 0 Å². The molecule has 0 heterocycles. The van der Waals surface area contributed by atoms with Crippen LogP contribution in [0.3, 0.4) is 0 Å². The minimum absolute atomic E-state index is 0. The Hall–Kier alpha value is -7.18. The number of phenols is 4. The van der Waals surface area contributed by atoms with Crippen molar-refractivity contribution in [3.63, 3.8) is 0 Å². The number of nitro benzene ring substituents is 2. The van der Waals surface area contributed by atoms with Crippen LogP contribution >= 0.6 is 0 Å². The Labute approximate surface area is 375 Å². The fourth-order valence-corrected chi connectivity index (χ4v) is 7.82. The summed E-state index contributed by atoms with van der Waals surface area (Å²) in [5.74, 6) is -1.59. The Morgan fingerprint density at radius 1 is 0.476 bits per heavy atom. The number of phenolic OH excluding ortho intramolecular Hbond substituents is 4. The fourth-order valence-electron chi connectivity index (χ4n) is 6.42. The van der Waals surface area contributed by atoms with Gasteiger partial charge in [0.2, 0.25) is 0 Å². The predicted octanol–water partition coefficient (Wildman–Crippen LogP) is 6.61. The molecule has 0 aliphatic rings. The summed E-state index contributed by atoms with van der Waals surface area (Å²) in [6, 6.07) is 28.3. The summed E-state index contributed by atoms with van der Waals surface area (Å²) in [5, 5.41) is 81.5. The van der Waals surface area contributed by atoms with Gasteiger partial charge >= 0.3 is 29.6 Å². The number of benzene rings is 8. The number of hydrogen-bond acceptors (Lipinski definition) is 17. The monoisotopic (exact) mass is 900 g/mol. The fraction of sp³-hybridized carbons (Fsp3) is 0. The summed E-state index contributed by atoms with van der Waals surface area (Å²) in [5.41, 5.74) is -1.10. The topological polar surface area (TPSA) is 328 Å². The van der Waals surface area contributed by atoms with Crippen LogP contribution in [0.2, 0.25) is 0 Å². The molecule has 8 aromatic rings. The second-order valence-electron chi connectivity index (χ2n) is 13.1. The van der Waals surface area contributed by atoms with Gasteiger partial charge in [-0.3, -0.25) is 24.8 Å². The van der Waals surface area contributed by atoms with Gasteiger partial charge in [-0.25, -0.2) is 8.42 Å². The van der Waals surface area contributed by atoms with Crippen LogP contribution in [0.25, 0.3) is 43.1 Å². The van der Waals surface area contributed by atoms with Gasteiger partial charge in [0, 0.05) is 68.7 Å². The van der Waals surface area contributed by atoms with E-state index < -0.39 is 62.7 Å². The van der Waals surface area contributed by atoms with E-state index in [4.69, 9.17) is 0 Å². The minimum atomic E-state index is -5.05. The van der Waals surface area contributed by atoms with Gasteiger partial charge in [-0.2, -0.15) is 8.42 Å². The SMILES string of the molecule is O=[N+]([O-])c1ccc2c(N=Nc3ccc4ccccc4c3O)c(O)cc(S(=O)(=O)O)c2c1.O=[N+]([O-])c1ccc2c(N=Nc3ccc4ccccc4c3O)c(O)cc(S(=O)(=O)[O-])c2c1.[Na+]. The van der Waals surface area contributed by atoms with Crippen molar-refractivity contribution in [2.45, 2.75) is 9.79 Å². The Bertz CT molecular complexity index is 3270. The van der Waals surface area contributed by atoms with Crippen LogP contribution in [-0.2, 0) is 20.2 Å². The number of nitro groups is 2. The van der Waals surface area contributed by atoms with E-state index in [-0.39, 0.29) is 85.4 Å².